The molecule has 1 aliphatic carbocycles. The van der Waals surface area contributed by atoms with E-state index >= 15 is 0 Å². The van der Waals surface area contributed by atoms with Crippen molar-refractivity contribution >= 4 is 17.7 Å². The average molecular weight is 279 g/mol. The van der Waals surface area contributed by atoms with E-state index in [0.717, 1.165) is 19.3 Å². The summed E-state index contributed by atoms with van der Waals surface area (Å²) in [6.45, 7) is 6.01. The van der Waals surface area contributed by atoms with Gasteiger partial charge in [-0.05, 0) is 31.2 Å². The van der Waals surface area contributed by atoms with Gasteiger partial charge in [-0.1, -0.05) is 20.3 Å². The van der Waals surface area contributed by atoms with Gasteiger partial charge in [0, 0.05) is 11.7 Å². The Labute approximate surface area is 118 Å². The van der Waals surface area contributed by atoms with Crippen molar-refractivity contribution in [2.75, 3.05) is 5.32 Å². The molecule has 1 heterocycles. The first kappa shape index (κ1) is 14.4. The van der Waals surface area contributed by atoms with Crippen LogP contribution in [0.5, 0.6) is 0 Å². The molecule has 0 bridgehead atoms. The highest BCUT2D eigenvalue weighted by Gasteiger charge is 2.35. The van der Waals surface area contributed by atoms with Gasteiger partial charge in [-0.25, -0.2) is 9.59 Å². The first-order valence-corrected chi connectivity index (χ1v) is 6.80. The number of aromatic amines is 1. The second-order valence-corrected chi connectivity index (χ2v) is 6.08. The topological polar surface area (TPSA) is 94.2 Å². The Morgan fingerprint density at radius 2 is 2.15 bits per heavy atom. The number of carboxylic acids is 1. The van der Waals surface area contributed by atoms with Crippen molar-refractivity contribution in [3.63, 3.8) is 0 Å². The predicted molar refractivity (Wildman–Crippen MR) is 76.1 cm³/mol. The molecule has 1 aliphatic rings. The van der Waals surface area contributed by atoms with Crippen molar-refractivity contribution < 1.29 is 14.7 Å². The molecule has 1 fully saturated rings. The van der Waals surface area contributed by atoms with Crippen LogP contribution in [0.15, 0.2) is 6.07 Å². The molecule has 4 N–H and O–H groups in total. The van der Waals surface area contributed by atoms with Gasteiger partial charge in [-0.15, -0.1) is 0 Å². The maximum absolute atomic E-state index is 12.0. The summed E-state index contributed by atoms with van der Waals surface area (Å²) in [6, 6.07) is 1.38. The van der Waals surface area contributed by atoms with Crippen LogP contribution in [0.2, 0.25) is 0 Å². The molecule has 2 amide bonds. The molecule has 0 aromatic carbocycles. The molecule has 110 valence electrons. The number of anilines is 1. The monoisotopic (exact) mass is 279 g/mol. The molecule has 0 aliphatic heterocycles. The number of hydrogen-bond donors (Lipinski definition) is 4. The number of carbonyl (C=O) groups excluding carboxylic acids is 1. The lowest BCUT2D eigenvalue weighted by Crippen LogP contribution is -2.43. The van der Waals surface area contributed by atoms with Crippen molar-refractivity contribution in [2.24, 2.45) is 5.41 Å². The molecule has 6 nitrogen and oxygen atoms in total. The van der Waals surface area contributed by atoms with Gasteiger partial charge in [0.1, 0.15) is 5.69 Å². The molecule has 0 saturated heterocycles. The van der Waals surface area contributed by atoms with Crippen LogP contribution in [0.4, 0.5) is 10.5 Å². The summed E-state index contributed by atoms with van der Waals surface area (Å²) in [6.07, 6.45) is 3.14. The molecule has 2 rings (SSSR count). The fourth-order valence-corrected chi connectivity index (χ4v) is 2.77. The Balaban J connectivity index is 2.03. The maximum atomic E-state index is 12.0. The summed E-state index contributed by atoms with van der Waals surface area (Å²) in [5.74, 6) is -1.09. The molecular weight excluding hydrogens is 258 g/mol. The van der Waals surface area contributed by atoms with Gasteiger partial charge in [0.25, 0.3) is 0 Å². The van der Waals surface area contributed by atoms with Crippen LogP contribution in [0.25, 0.3) is 0 Å². The minimum absolute atomic E-state index is 0.00309. The predicted octanol–water partition coefficient (Wildman–Crippen LogP) is 2.72. The van der Waals surface area contributed by atoms with E-state index in [1.54, 1.807) is 13.0 Å². The molecule has 0 spiro atoms. The van der Waals surface area contributed by atoms with Crippen LogP contribution in [0, 0.1) is 12.3 Å². The number of aromatic carboxylic acids is 1. The fraction of sp³-hybridized carbons (Fsp3) is 0.571. The number of hydrogen-bond acceptors (Lipinski definition) is 2. The number of urea groups is 1. The number of H-pyrrole nitrogens is 1. The quantitative estimate of drug-likeness (QED) is 0.685. The van der Waals surface area contributed by atoms with E-state index in [0.29, 0.717) is 11.4 Å². The van der Waals surface area contributed by atoms with E-state index in [1.165, 1.54) is 0 Å². The highest BCUT2D eigenvalue weighted by Crippen LogP contribution is 2.37. The largest absolute Gasteiger partial charge is 0.477 e. The van der Waals surface area contributed by atoms with E-state index in [-0.39, 0.29) is 23.2 Å². The number of aryl methyl sites for hydroxylation is 1. The second kappa shape index (κ2) is 5.19. The van der Waals surface area contributed by atoms with Crippen molar-refractivity contribution in [2.45, 2.75) is 46.1 Å². The highest BCUT2D eigenvalue weighted by molar-refractivity contribution is 5.99. The number of amides is 2. The van der Waals surface area contributed by atoms with Crippen molar-refractivity contribution in [1.29, 1.82) is 0 Å². The minimum Gasteiger partial charge on any atom is -0.477 e. The zero-order chi connectivity index (χ0) is 14.9. The first-order valence-electron chi connectivity index (χ1n) is 6.80. The highest BCUT2D eigenvalue weighted by atomic mass is 16.4. The van der Waals surface area contributed by atoms with E-state index in [9.17, 15) is 9.59 Å². The zero-order valence-corrected chi connectivity index (χ0v) is 12.0. The van der Waals surface area contributed by atoms with Gasteiger partial charge in [-0.2, -0.15) is 0 Å². The van der Waals surface area contributed by atoms with Gasteiger partial charge in [0.05, 0.1) is 5.69 Å². The maximum Gasteiger partial charge on any atom is 0.354 e. The van der Waals surface area contributed by atoms with Crippen molar-refractivity contribution in [3.8, 4) is 0 Å². The summed E-state index contributed by atoms with van der Waals surface area (Å²) < 4.78 is 0. The van der Waals surface area contributed by atoms with Crippen molar-refractivity contribution in [3.05, 3.63) is 17.5 Å². The summed E-state index contributed by atoms with van der Waals surface area (Å²) in [5, 5.41) is 14.6. The van der Waals surface area contributed by atoms with Crippen LogP contribution >= 0.6 is 0 Å². The standard InChI is InChI=1S/C14H21N3O3/c1-8-7-9(11(15-8)12(18)19)16-13(20)17-10-5-4-6-14(10,2)3/h7,10,15H,4-6H2,1-3H3,(H,18,19)(H2,16,17,20). The second-order valence-electron chi connectivity index (χ2n) is 6.08. The molecule has 6 heteroatoms. The van der Waals surface area contributed by atoms with Gasteiger partial charge in [0.2, 0.25) is 0 Å². The number of nitrogens with one attached hydrogen (secondary N) is 3. The normalized spacial score (nSPS) is 20.6. The lowest BCUT2D eigenvalue weighted by atomic mass is 9.87. The van der Waals surface area contributed by atoms with Crippen LogP contribution in [0.3, 0.4) is 0 Å². The van der Waals surface area contributed by atoms with Gasteiger partial charge >= 0.3 is 12.0 Å². The Morgan fingerprint density at radius 3 is 2.70 bits per heavy atom. The number of rotatable bonds is 3. The number of carbonyl (C=O) groups is 2. The summed E-state index contributed by atoms with van der Waals surface area (Å²) in [5.41, 5.74) is 1.08. The summed E-state index contributed by atoms with van der Waals surface area (Å²) in [7, 11) is 0. The van der Waals surface area contributed by atoms with Gasteiger partial charge < -0.3 is 20.7 Å². The Bertz CT molecular complexity index is 534. The van der Waals surface area contributed by atoms with Gasteiger partial charge in [-0.3, -0.25) is 0 Å². The van der Waals surface area contributed by atoms with Crippen molar-refractivity contribution in [1.82, 2.24) is 10.3 Å². The molecule has 1 unspecified atom stereocenters. The van der Waals surface area contributed by atoms with Crippen LogP contribution in [-0.2, 0) is 0 Å². The molecule has 1 atom stereocenters. The fourth-order valence-electron chi connectivity index (χ4n) is 2.77. The molecule has 1 aromatic heterocycles. The van der Waals surface area contributed by atoms with E-state index in [4.69, 9.17) is 5.11 Å². The smallest absolute Gasteiger partial charge is 0.354 e. The van der Waals surface area contributed by atoms with Crippen LogP contribution in [-0.4, -0.2) is 28.1 Å². The third-order valence-electron chi connectivity index (χ3n) is 3.98. The van der Waals surface area contributed by atoms with Crippen LogP contribution in [0.1, 0.15) is 49.3 Å². The first-order chi connectivity index (χ1) is 9.29. The van der Waals surface area contributed by atoms with Gasteiger partial charge in [0.15, 0.2) is 0 Å². The summed E-state index contributed by atoms with van der Waals surface area (Å²) in [4.78, 5) is 25.8. The minimum atomic E-state index is -1.09. The zero-order valence-electron chi connectivity index (χ0n) is 12.0. The molecule has 0 radical (unpaired) electrons. The van der Waals surface area contributed by atoms with E-state index in [2.05, 4.69) is 29.5 Å². The lowest BCUT2D eigenvalue weighted by molar-refractivity contribution is 0.0692. The number of carboxylic acid groups (broad SMARTS) is 1. The van der Waals surface area contributed by atoms with E-state index in [1.807, 2.05) is 0 Å². The molecular formula is C14H21N3O3. The third kappa shape index (κ3) is 2.95. The lowest BCUT2D eigenvalue weighted by Gasteiger charge is -2.27. The molecule has 1 aromatic rings. The molecule has 1 saturated carbocycles. The number of aromatic nitrogens is 1. The molecule has 20 heavy (non-hydrogen) atoms. The Hall–Kier alpha value is -1.98. The SMILES string of the molecule is Cc1cc(NC(=O)NC2CCCC2(C)C)c(C(=O)O)[nH]1. The Kier molecular flexibility index (Phi) is 3.74. The third-order valence-corrected chi connectivity index (χ3v) is 3.98. The average Bonchev–Trinajstić information content (AvgIpc) is 2.83. The van der Waals surface area contributed by atoms with Crippen LogP contribution < -0.4 is 10.6 Å². The van der Waals surface area contributed by atoms with E-state index < -0.39 is 5.97 Å². The summed E-state index contributed by atoms with van der Waals surface area (Å²) >= 11 is 0. The Morgan fingerprint density at radius 1 is 1.45 bits per heavy atom.